The van der Waals surface area contributed by atoms with Crippen LogP contribution in [-0.2, 0) is 28.9 Å². The molecule has 1 atom stereocenters. The number of carbonyl (C=O) groups is 2. The van der Waals surface area contributed by atoms with Crippen LogP contribution in [0.3, 0.4) is 0 Å². The van der Waals surface area contributed by atoms with E-state index >= 15 is 0 Å². The second-order valence-corrected chi connectivity index (χ2v) is 10.9. The van der Waals surface area contributed by atoms with Crippen LogP contribution >= 0.6 is 23.1 Å². The zero-order valence-corrected chi connectivity index (χ0v) is 23.0. The van der Waals surface area contributed by atoms with Gasteiger partial charge in [-0.25, -0.2) is 4.79 Å². The first-order chi connectivity index (χ1) is 17.3. The van der Waals surface area contributed by atoms with Gasteiger partial charge in [0.1, 0.15) is 10.8 Å². The average Bonchev–Trinajstić information content (AvgIpc) is 3.44. The molecule has 0 radical (unpaired) electrons. The van der Waals surface area contributed by atoms with Crippen LogP contribution in [0.5, 0.6) is 5.75 Å². The number of rotatable bonds is 9. The summed E-state index contributed by atoms with van der Waals surface area (Å²) in [5.74, 6) is 1.07. The summed E-state index contributed by atoms with van der Waals surface area (Å²) in [7, 11) is 1.37. The number of thiophene rings is 1. The fraction of sp³-hybridized carbons (Fsp3) is 0.462. The van der Waals surface area contributed by atoms with Gasteiger partial charge in [-0.2, -0.15) is 0 Å². The second kappa shape index (κ2) is 11.5. The van der Waals surface area contributed by atoms with Gasteiger partial charge in [0.05, 0.1) is 18.4 Å². The van der Waals surface area contributed by atoms with Crippen LogP contribution in [0.4, 0.5) is 5.00 Å². The van der Waals surface area contributed by atoms with E-state index in [1.54, 1.807) is 0 Å². The van der Waals surface area contributed by atoms with Gasteiger partial charge >= 0.3 is 5.97 Å². The molecule has 1 aromatic carbocycles. The van der Waals surface area contributed by atoms with Gasteiger partial charge in [0.25, 0.3) is 0 Å². The van der Waals surface area contributed by atoms with Gasteiger partial charge in [-0.3, -0.25) is 4.79 Å². The molecule has 8 nitrogen and oxygen atoms in total. The third-order valence-corrected chi connectivity index (χ3v) is 8.38. The van der Waals surface area contributed by atoms with Crippen molar-refractivity contribution in [2.45, 2.75) is 71.2 Å². The van der Waals surface area contributed by atoms with Crippen molar-refractivity contribution in [2.75, 3.05) is 18.2 Å². The molecule has 2 heterocycles. The van der Waals surface area contributed by atoms with E-state index in [1.807, 2.05) is 37.5 Å². The number of methoxy groups -OCH3 is 1. The Balaban J connectivity index is 1.44. The van der Waals surface area contributed by atoms with E-state index in [9.17, 15) is 9.59 Å². The smallest absolute Gasteiger partial charge is 0.341 e. The van der Waals surface area contributed by atoms with Crippen LogP contribution in [0.15, 0.2) is 23.4 Å². The summed E-state index contributed by atoms with van der Waals surface area (Å²) in [6, 6.07) is 6.08. The molecule has 1 N–H and O–H groups in total. The number of nitrogens with one attached hydrogen (secondary N) is 1. The number of thioether (sulfide) groups is 1. The average molecular weight is 529 g/mol. The maximum absolute atomic E-state index is 12.8. The van der Waals surface area contributed by atoms with Crippen molar-refractivity contribution in [2.24, 2.45) is 0 Å². The van der Waals surface area contributed by atoms with Crippen molar-refractivity contribution < 1.29 is 19.1 Å². The monoisotopic (exact) mass is 528 g/mol. The minimum absolute atomic E-state index is 0.146. The summed E-state index contributed by atoms with van der Waals surface area (Å²) in [6.45, 7) is 8.69. The minimum Gasteiger partial charge on any atom is -0.482 e. The Morgan fingerprint density at radius 3 is 2.72 bits per heavy atom. The van der Waals surface area contributed by atoms with E-state index in [0.717, 1.165) is 47.4 Å². The Labute approximate surface area is 219 Å². The topological polar surface area (TPSA) is 95.3 Å². The molecule has 0 saturated carbocycles. The van der Waals surface area contributed by atoms with Crippen LogP contribution in [0.25, 0.3) is 0 Å². The van der Waals surface area contributed by atoms with Crippen molar-refractivity contribution in [1.82, 2.24) is 14.8 Å². The van der Waals surface area contributed by atoms with Gasteiger partial charge < -0.3 is 19.4 Å². The molecular formula is C26H32N4O4S2. The Kier molecular flexibility index (Phi) is 8.35. The number of hydrogen-bond acceptors (Lipinski definition) is 8. The van der Waals surface area contributed by atoms with Crippen LogP contribution in [-0.4, -0.2) is 39.5 Å². The van der Waals surface area contributed by atoms with Crippen molar-refractivity contribution in [3.05, 3.63) is 51.2 Å². The molecule has 4 rings (SSSR count). The summed E-state index contributed by atoms with van der Waals surface area (Å²) in [6.07, 6.45) is 3.60. The molecule has 1 amide bonds. The lowest BCUT2D eigenvalue weighted by Gasteiger charge is -2.17. The number of esters is 1. The lowest BCUT2D eigenvalue weighted by atomic mass is 9.95. The number of fused-ring (bicyclic) bond motifs is 1. The van der Waals surface area contributed by atoms with Crippen LogP contribution in [0, 0.1) is 13.8 Å². The minimum atomic E-state index is -0.398. The van der Waals surface area contributed by atoms with Crippen LogP contribution in [0.2, 0.25) is 0 Å². The number of ether oxygens (including phenoxy) is 2. The van der Waals surface area contributed by atoms with Crippen LogP contribution in [0.1, 0.15) is 70.5 Å². The molecular weight excluding hydrogens is 496 g/mol. The van der Waals surface area contributed by atoms with Crippen molar-refractivity contribution in [3.8, 4) is 5.75 Å². The molecule has 0 saturated heterocycles. The molecule has 36 heavy (non-hydrogen) atoms. The van der Waals surface area contributed by atoms with Gasteiger partial charge in [-0.05, 0) is 70.6 Å². The quantitative estimate of drug-likeness (QED) is 0.289. The Morgan fingerprint density at radius 2 is 2.00 bits per heavy atom. The standard InChI is InChI=1S/C26H32N4O4S2/c1-6-30-23(17(4)34-19-12-11-15(2)13-16(19)3)28-29-26(30)35-14-21(31)27-24-22(25(32)33-5)18-9-7-8-10-20(18)36-24/h11-13,17H,6-10,14H2,1-5H3,(H,27,31). The Hall–Kier alpha value is -2.85. The van der Waals surface area contributed by atoms with E-state index in [1.165, 1.54) is 35.8 Å². The van der Waals surface area contributed by atoms with Gasteiger partial charge in [-0.15, -0.1) is 21.5 Å². The first kappa shape index (κ1) is 26.2. The fourth-order valence-electron chi connectivity index (χ4n) is 4.44. The number of hydrogen-bond donors (Lipinski definition) is 1. The lowest BCUT2D eigenvalue weighted by molar-refractivity contribution is -0.113. The number of anilines is 1. The Bertz CT molecular complexity index is 1270. The molecule has 1 aliphatic rings. The molecule has 1 aliphatic carbocycles. The van der Waals surface area contributed by atoms with Gasteiger partial charge in [-0.1, -0.05) is 29.5 Å². The molecule has 0 bridgehead atoms. The molecule has 0 aliphatic heterocycles. The number of aryl methyl sites for hydroxylation is 3. The summed E-state index contributed by atoms with van der Waals surface area (Å²) in [4.78, 5) is 26.5. The summed E-state index contributed by atoms with van der Waals surface area (Å²) >= 11 is 2.80. The van der Waals surface area contributed by atoms with Crippen molar-refractivity contribution in [1.29, 1.82) is 0 Å². The highest BCUT2D eigenvalue weighted by atomic mass is 32.2. The first-order valence-electron chi connectivity index (χ1n) is 12.1. The molecule has 2 aromatic heterocycles. The number of amides is 1. The van der Waals surface area contributed by atoms with E-state index in [4.69, 9.17) is 9.47 Å². The number of benzene rings is 1. The molecule has 0 spiro atoms. The van der Waals surface area contributed by atoms with E-state index in [-0.39, 0.29) is 17.8 Å². The third-order valence-electron chi connectivity index (χ3n) is 6.21. The first-order valence-corrected chi connectivity index (χ1v) is 13.9. The predicted molar refractivity (Wildman–Crippen MR) is 142 cm³/mol. The number of carbonyl (C=O) groups excluding carboxylic acids is 2. The molecule has 3 aromatic rings. The highest BCUT2D eigenvalue weighted by molar-refractivity contribution is 7.99. The van der Waals surface area contributed by atoms with Crippen LogP contribution < -0.4 is 10.1 Å². The molecule has 1 unspecified atom stereocenters. The number of aromatic nitrogens is 3. The maximum atomic E-state index is 12.8. The predicted octanol–water partition coefficient (Wildman–Crippen LogP) is 5.51. The fourth-order valence-corrected chi connectivity index (χ4v) is 6.55. The van der Waals surface area contributed by atoms with Crippen molar-refractivity contribution in [3.63, 3.8) is 0 Å². The van der Waals surface area contributed by atoms with E-state index < -0.39 is 5.97 Å². The highest BCUT2D eigenvalue weighted by Gasteiger charge is 2.27. The van der Waals surface area contributed by atoms with Gasteiger partial charge in [0, 0.05) is 11.4 Å². The highest BCUT2D eigenvalue weighted by Crippen LogP contribution is 2.38. The van der Waals surface area contributed by atoms with Crippen molar-refractivity contribution >= 4 is 40.0 Å². The summed E-state index contributed by atoms with van der Waals surface area (Å²) < 4.78 is 13.1. The summed E-state index contributed by atoms with van der Waals surface area (Å²) in [5, 5.41) is 12.8. The van der Waals surface area contributed by atoms with E-state index in [0.29, 0.717) is 28.1 Å². The second-order valence-electron chi connectivity index (χ2n) is 8.86. The van der Waals surface area contributed by atoms with E-state index in [2.05, 4.69) is 28.5 Å². The van der Waals surface area contributed by atoms with Gasteiger partial charge in [0.15, 0.2) is 17.1 Å². The maximum Gasteiger partial charge on any atom is 0.341 e. The Morgan fingerprint density at radius 1 is 1.22 bits per heavy atom. The zero-order chi connectivity index (χ0) is 25.8. The third kappa shape index (κ3) is 5.59. The number of nitrogens with zero attached hydrogens (tertiary/aromatic N) is 3. The molecule has 10 heteroatoms. The van der Waals surface area contributed by atoms with Gasteiger partial charge in [0.2, 0.25) is 5.91 Å². The lowest BCUT2D eigenvalue weighted by Crippen LogP contribution is -2.17. The largest absolute Gasteiger partial charge is 0.482 e. The SMILES string of the molecule is CCn1c(SCC(=O)Nc2sc3c(c2C(=O)OC)CCCC3)nnc1C(C)Oc1ccc(C)cc1C. The summed E-state index contributed by atoms with van der Waals surface area (Å²) in [5.41, 5.74) is 3.78. The molecule has 0 fully saturated rings. The zero-order valence-electron chi connectivity index (χ0n) is 21.3. The normalized spacial score (nSPS) is 13.7. The molecule has 192 valence electrons.